The Kier molecular flexibility index (Phi) is 3.24. The zero-order chi connectivity index (χ0) is 12.4. The first-order valence-corrected chi connectivity index (χ1v) is 5.94. The van der Waals surface area contributed by atoms with Crippen LogP contribution in [0.5, 0.6) is 5.75 Å². The van der Waals surface area contributed by atoms with Gasteiger partial charge in [0.05, 0.1) is 17.6 Å². The van der Waals surface area contributed by atoms with Crippen molar-refractivity contribution in [3.05, 3.63) is 51.5 Å². The number of aryl methyl sites for hydroxylation is 1. The lowest BCUT2D eigenvalue weighted by atomic mass is 10.1. The average Bonchev–Trinajstić information content (AvgIpc) is 2.74. The molecule has 2 aromatic rings. The highest BCUT2D eigenvalue weighted by Crippen LogP contribution is 2.26. The number of thiophene rings is 1. The van der Waals surface area contributed by atoms with Crippen molar-refractivity contribution in [2.45, 2.75) is 6.92 Å². The third-order valence-corrected chi connectivity index (χ3v) is 3.49. The van der Waals surface area contributed by atoms with E-state index in [1.807, 2.05) is 18.4 Å². The zero-order valence-corrected chi connectivity index (χ0v) is 10.3. The van der Waals surface area contributed by atoms with E-state index in [4.69, 9.17) is 4.74 Å². The normalized spacial score (nSPS) is 10.3. The van der Waals surface area contributed by atoms with Crippen molar-refractivity contribution in [3.63, 3.8) is 0 Å². The van der Waals surface area contributed by atoms with Gasteiger partial charge in [-0.15, -0.1) is 11.3 Å². The molecule has 0 aliphatic rings. The second-order valence-corrected chi connectivity index (χ2v) is 4.52. The van der Waals surface area contributed by atoms with Gasteiger partial charge in [-0.25, -0.2) is 4.39 Å². The fourth-order valence-corrected chi connectivity index (χ4v) is 2.46. The quantitative estimate of drug-likeness (QED) is 0.780. The van der Waals surface area contributed by atoms with Gasteiger partial charge < -0.3 is 4.74 Å². The predicted molar refractivity (Wildman–Crippen MR) is 65.4 cm³/mol. The number of ketones is 1. The molecule has 0 aliphatic carbocycles. The fourth-order valence-electron chi connectivity index (χ4n) is 1.59. The molecule has 0 amide bonds. The molecule has 0 spiro atoms. The molecule has 0 N–H and O–H groups in total. The average molecular weight is 250 g/mol. The maximum Gasteiger partial charge on any atom is 0.207 e. The molecule has 4 heteroatoms. The summed E-state index contributed by atoms with van der Waals surface area (Å²) in [5.41, 5.74) is 1.16. The molecular formula is C13H11FO2S. The number of rotatable bonds is 3. The first kappa shape index (κ1) is 11.8. The maximum absolute atomic E-state index is 13.2. The van der Waals surface area contributed by atoms with Crippen LogP contribution in [0, 0.1) is 12.7 Å². The summed E-state index contributed by atoms with van der Waals surface area (Å²) in [6.45, 7) is 1.86. The molecule has 0 radical (unpaired) electrons. The van der Waals surface area contributed by atoms with E-state index in [1.54, 1.807) is 0 Å². The van der Waals surface area contributed by atoms with Crippen LogP contribution in [-0.2, 0) is 0 Å². The van der Waals surface area contributed by atoms with E-state index in [0.717, 1.165) is 5.56 Å². The Morgan fingerprint density at radius 1 is 1.35 bits per heavy atom. The van der Waals surface area contributed by atoms with Gasteiger partial charge >= 0.3 is 0 Å². The van der Waals surface area contributed by atoms with Crippen LogP contribution < -0.4 is 4.74 Å². The highest BCUT2D eigenvalue weighted by Gasteiger charge is 2.18. The van der Waals surface area contributed by atoms with Crippen molar-refractivity contribution in [2.24, 2.45) is 0 Å². The summed E-state index contributed by atoms with van der Waals surface area (Å²) in [6, 6.07) is 5.81. The molecule has 0 aliphatic heterocycles. The van der Waals surface area contributed by atoms with Gasteiger partial charge in [-0.05, 0) is 42.1 Å². The topological polar surface area (TPSA) is 26.3 Å². The standard InChI is InChI=1S/C13H11FO2S/c1-8-5-6-17-13(8)12(15)10-7-9(14)3-4-11(10)16-2/h3-7H,1-2H3. The SMILES string of the molecule is COc1ccc(F)cc1C(=O)c1sccc1C. The number of halogens is 1. The second kappa shape index (κ2) is 4.67. The molecule has 2 nitrogen and oxygen atoms in total. The van der Waals surface area contributed by atoms with Gasteiger partial charge in [0.2, 0.25) is 5.78 Å². The van der Waals surface area contributed by atoms with Gasteiger partial charge in [-0.2, -0.15) is 0 Å². The molecule has 88 valence electrons. The molecule has 1 aromatic carbocycles. The second-order valence-electron chi connectivity index (χ2n) is 3.61. The van der Waals surface area contributed by atoms with Gasteiger partial charge in [0, 0.05) is 0 Å². The van der Waals surface area contributed by atoms with Gasteiger partial charge in [0.1, 0.15) is 11.6 Å². The van der Waals surface area contributed by atoms with E-state index in [2.05, 4.69) is 0 Å². The van der Waals surface area contributed by atoms with Crippen LogP contribution in [0.15, 0.2) is 29.6 Å². The largest absolute Gasteiger partial charge is 0.496 e. The Balaban J connectivity index is 2.50. The van der Waals surface area contributed by atoms with E-state index in [0.29, 0.717) is 10.6 Å². The number of carbonyl (C=O) groups excluding carboxylic acids is 1. The van der Waals surface area contributed by atoms with Crippen LogP contribution in [0.25, 0.3) is 0 Å². The molecule has 1 aromatic heterocycles. The molecule has 0 unspecified atom stereocenters. The number of benzene rings is 1. The van der Waals surface area contributed by atoms with Crippen LogP contribution in [0.4, 0.5) is 4.39 Å². The smallest absolute Gasteiger partial charge is 0.207 e. The Morgan fingerprint density at radius 3 is 2.71 bits per heavy atom. The van der Waals surface area contributed by atoms with Crippen molar-refractivity contribution in [1.82, 2.24) is 0 Å². The number of methoxy groups -OCH3 is 1. The number of ether oxygens (including phenoxy) is 1. The van der Waals surface area contributed by atoms with Crippen LogP contribution in [0.3, 0.4) is 0 Å². The molecule has 0 saturated heterocycles. The van der Waals surface area contributed by atoms with Crippen LogP contribution in [-0.4, -0.2) is 12.9 Å². The van der Waals surface area contributed by atoms with Crippen molar-refractivity contribution >= 4 is 17.1 Å². The molecule has 17 heavy (non-hydrogen) atoms. The lowest BCUT2D eigenvalue weighted by Crippen LogP contribution is -2.04. The van der Waals surface area contributed by atoms with Gasteiger partial charge in [0.25, 0.3) is 0 Å². The van der Waals surface area contributed by atoms with Gasteiger partial charge in [-0.1, -0.05) is 0 Å². The molecule has 2 rings (SSSR count). The zero-order valence-electron chi connectivity index (χ0n) is 9.49. The first-order chi connectivity index (χ1) is 8.13. The minimum atomic E-state index is -0.441. The summed E-state index contributed by atoms with van der Waals surface area (Å²) in [5.74, 6) is -0.249. The molecule has 0 bridgehead atoms. The third kappa shape index (κ3) is 2.22. The van der Waals surface area contributed by atoms with Gasteiger partial charge in [-0.3, -0.25) is 4.79 Å². The van der Waals surface area contributed by atoms with E-state index in [-0.39, 0.29) is 11.3 Å². The summed E-state index contributed by atoms with van der Waals surface area (Å²) in [6.07, 6.45) is 0. The Hall–Kier alpha value is -1.68. The summed E-state index contributed by atoms with van der Waals surface area (Å²) < 4.78 is 18.3. The van der Waals surface area contributed by atoms with Crippen LogP contribution in [0.2, 0.25) is 0 Å². The Bertz CT molecular complexity index is 560. The Labute approximate surface area is 103 Å². The van der Waals surface area contributed by atoms with E-state index >= 15 is 0 Å². The number of hydrogen-bond acceptors (Lipinski definition) is 3. The van der Waals surface area contributed by atoms with E-state index in [1.165, 1.54) is 36.6 Å². The number of hydrogen-bond donors (Lipinski definition) is 0. The molecule has 0 atom stereocenters. The molecule has 0 saturated carbocycles. The summed E-state index contributed by atoms with van der Waals surface area (Å²) in [7, 11) is 1.46. The summed E-state index contributed by atoms with van der Waals surface area (Å²) in [4.78, 5) is 12.8. The lowest BCUT2D eigenvalue weighted by Gasteiger charge is -2.07. The monoisotopic (exact) mass is 250 g/mol. The van der Waals surface area contributed by atoms with Gasteiger partial charge in [0.15, 0.2) is 0 Å². The summed E-state index contributed by atoms with van der Waals surface area (Å²) >= 11 is 1.35. The molecular weight excluding hydrogens is 239 g/mol. The van der Waals surface area contributed by atoms with Crippen molar-refractivity contribution in [2.75, 3.05) is 7.11 Å². The fraction of sp³-hybridized carbons (Fsp3) is 0.154. The first-order valence-electron chi connectivity index (χ1n) is 5.06. The van der Waals surface area contributed by atoms with Crippen molar-refractivity contribution < 1.29 is 13.9 Å². The summed E-state index contributed by atoms with van der Waals surface area (Å²) in [5, 5.41) is 1.84. The molecule has 0 fully saturated rings. The number of carbonyl (C=O) groups is 1. The highest BCUT2D eigenvalue weighted by molar-refractivity contribution is 7.12. The Morgan fingerprint density at radius 2 is 2.12 bits per heavy atom. The minimum Gasteiger partial charge on any atom is -0.496 e. The minimum absolute atomic E-state index is 0.200. The van der Waals surface area contributed by atoms with Crippen LogP contribution >= 0.6 is 11.3 Å². The third-order valence-electron chi connectivity index (χ3n) is 2.47. The van der Waals surface area contributed by atoms with Crippen molar-refractivity contribution in [3.8, 4) is 5.75 Å². The lowest BCUT2D eigenvalue weighted by molar-refractivity contribution is 0.103. The van der Waals surface area contributed by atoms with E-state index in [9.17, 15) is 9.18 Å². The maximum atomic E-state index is 13.2. The highest BCUT2D eigenvalue weighted by atomic mass is 32.1. The predicted octanol–water partition coefficient (Wildman–Crippen LogP) is 3.44. The van der Waals surface area contributed by atoms with Crippen molar-refractivity contribution in [1.29, 1.82) is 0 Å². The van der Waals surface area contributed by atoms with E-state index < -0.39 is 5.82 Å². The molecule has 1 heterocycles. The van der Waals surface area contributed by atoms with Crippen LogP contribution in [0.1, 0.15) is 20.8 Å².